The van der Waals surface area contributed by atoms with Crippen LogP contribution in [0.3, 0.4) is 0 Å². The minimum absolute atomic E-state index is 0.133. The molecule has 1 heteroatoms. The summed E-state index contributed by atoms with van der Waals surface area (Å²) in [5.41, 5.74) is 1.29. The van der Waals surface area contributed by atoms with E-state index in [0.717, 1.165) is 0 Å². The van der Waals surface area contributed by atoms with E-state index in [0.29, 0.717) is 0 Å². The fraction of sp³-hybridized carbons (Fsp3) is 0.273. The van der Waals surface area contributed by atoms with Gasteiger partial charge in [-0.2, -0.15) is 0 Å². The summed E-state index contributed by atoms with van der Waals surface area (Å²) >= 11 is 1.87. The zero-order chi connectivity index (χ0) is 8.60. The van der Waals surface area contributed by atoms with Gasteiger partial charge in [-0.25, -0.2) is 0 Å². The fourth-order valence-corrected chi connectivity index (χ4v) is 2.31. The molecule has 0 fully saturated rings. The van der Waals surface area contributed by atoms with Crippen molar-refractivity contribution in [3.63, 3.8) is 0 Å². The largest absolute Gasteiger partial charge is 0.114 e. The average Bonchev–Trinajstić information content (AvgIpc) is 2.02. The maximum Gasteiger partial charge on any atom is 0.0402 e. The lowest BCUT2D eigenvalue weighted by molar-refractivity contribution is 0.871. The van der Waals surface area contributed by atoms with Gasteiger partial charge < -0.3 is 0 Å². The lowest BCUT2D eigenvalue weighted by atomic mass is 10.1. The molecule has 1 radical (unpaired) electrons. The molecule has 1 aliphatic rings. The second-order valence-corrected chi connectivity index (χ2v) is 5.10. The van der Waals surface area contributed by atoms with Crippen molar-refractivity contribution in [1.82, 2.24) is 0 Å². The predicted octanol–water partition coefficient (Wildman–Crippen LogP) is 3.39. The van der Waals surface area contributed by atoms with Crippen LogP contribution in [-0.2, 0) is 0 Å². The van der Waals surface area contributed by atoms with E-state index in [1.165, 1.54) is 10.5 Å². The molecule has 61 valence electrons. The third-order valence-corrected chi connectivity index (χ3v) is 3.08. The summed E-state index contributed by atoms with van der Waals surface area (Å²) in [7, 11) is 0. The molecule has 1 aromatic carbocycles. The molecule has 0 saturated carbocycles. The predicted molar refractivity (Wildman–Crippen MR) is 54.1 cm³/mol. The van der Waals surface area contributed by atoms with Crippen molar-refractivity contribution in [2.24, 2.45) is 0 Å². The molecule has 0 N–H and O–H groups in total. The SMILES string of the molecule is CC1(C)[C]=Cc2ccccc2S1. The van der Waals surface area contributed by atoms with Gasteiger partial charge in [0.25, 0.3) is 0 Å². The minimum atomic E-state index is 0.133. The van der Waals surface area contributed by atoms with Crippen molar-refractivity contribution in [3.05, 3.63) is 35.9 Å². The van der Waals surface area contributed by atoms with Crippen LogP contribution in [0.1, 0.15) is 19.4 Å². The molecule has 1 heterocycles. The van der Waals surface area contributed by atoms with Crippen LogP contribution >= 0.6 is 11.8 Å². The number of hydrogen-bond donors (Lipinski definition) is 0. The van der Waals surface area contributed by atoms with E-state index in [1.807, 2.05) is 11.8 Å². The van der Waals surface area contributed by atoms with Crippen LogP contribution in [0.4, 0.5) is 0 Å². The van der Waals surface area contributed by atoms with Crippen LogP contribution in [0, 0.1) is 6.08 Å². The molecule has 1 aromatic rings. The van der Waals surface area contributed by atoms with Gasteiger partial charge in [0, 0.05) is 9.64 Å². The van der Waals surface area contributed by atoms with Gasteiger partial charge in [0.15, 0.2) is 0 Å². The van der Waals surface area contributed by atoms with E-state index in [-0.39, 0.29) is 4.75 Å². The van der Waals surface area contributed by atoms with Crippen LogP contribution in [0.2, 0.25) is 0 Å². The van der Waals surface area contributed by atoms with E-state index in [1.54, 1.807) is 0 Å². The average molecular weight is 175 g/mol. The van der Waals surface area contributed by atoms with Crippen LogP contribution in [0.25, 0.3) is 6.08 Å². The molecule has 0 atom stereocenters. The summed E-state index contributed by atoms with van der Waals surface area (Å²) in [5, 5.41) is 0. The first-order valence-corrected chi connectivity index (χ1v) is 4.88. The summed E-state index contributed by atoms with van der Waals surface area (Å²) in [6.45, 7) is 4.37. The van der Waals surface area contributed by atoms with Crippen LogP contribution in [0.5, 0.6) is 0 Å². The Morgan fingerprint density at radius 2 is 2.00 bits per heavy atom. The van der Waals surface area contributed by atoms with Crippen molar-refractivity contribution in [2.75, 3.05) is 0 Å². The van der Waals surface area contributed by atoms with Crippen molar-refractivity contribution >= 4 is 17.8 Å². The summed E-state index contributed by atoms with van der Waals surface area (Å²) in [4.78, 5) is 1.36. The van der Waals surface area contributed by atoms with E-state index in [9.17, 15) is 0 Å². The highest BCUT2D eigenvalue weighted by molar-refractivity contribution is 8.00. The topological polar surface area (TPSA) is 0 Å². The van der Waals surface area contributed by atoms with Crippen molar-refractivity contribution in [2.45, 2.75) is 23.5 Å². The van der Waals surface area contributed by atoms with E-state index in [2.05, 4.69) is 50.3 Å². The fourth-order valence-electron chi connectivity index (χ4n) is 1.25. The number of rotatable bonds is 0. The quantitative estimate of drug-likeness (QED) is 0.582. The summed E-state index contributed by atoms with van der Waals surface area (Å²) in [6.07, 6.45) is 5.44. The third kappa shape index (κ3) is 1.42. The van der Waals surface area contributed by atoms with E-state index in [4.69, 9.17) is 0 Å². The maximum atomic E-state index is 3.35. The summed E-state index contributed by atoms with van der Waals surface area (Å²) in [6, 6.07) is 8.45. The molecule has 0 bridgehead atoms. The first-order chi connectivity index (χ1) is 5.67. The van der Waals surface area contributed by atoms with Crippen molar-refractivity contribution < 1.29 is 0 Å². The van der Waals surface area contributed by atoms with Crippen LogP contribution < -0.4 is 0 Å². The first-order valence-electron chi connectivity index (χ1n) is 4.06. The Bertz CT molecular complexity index is 324. The van der Waals surface area contributed by atoms with Gasteiger partial charge in [-0.1, -0.05) is 18.2 Å². The molecule has 0 amide bonds. The monoisotopic (exact) mass is 175 g/mol. The number of thioether (sulfide) groups is 1. The molecular weight excluding hydrogens is 164 g/mol. The van der Waals surface area contributed by atoms with Crippen molar-refractivity contribution in [1.29, 1.82) is 0 Å². The van der Waals surface area contributed by atoms with Gasteiger partial charge in [-0.3, -0.25) is 0 Å². The maximum absolute atomic E-state index is 3.35. The minimum Gasteiger partial charge on any atom is -0.114 e. The normalized spacial score (nSPS) is 18.8. The first kappa shape index (κ1) is 7.93. The molecule has 0 aliphatic carbocycles. The van der Waals surface area contributed by atoms with E-state index < -0.39 is 0 Å². The highest BCUT2D eigenvalue weighted by atomic mass is 32.2. The standard InChI is InChI=1S/C11H11S/c1-11(2)8-7-9-5-3-4-6-10(9)12-11/h3-7H,1-2H3. The second-order valence-electron chi connectivity index (χ2n) is 3.44. The molecule has 0 spiro atoms. The van der Waals surface area contributed by atoms with Gasteiger partial charge in [0.1, 0.15) is 0 Å². The summed E-state index contributed by atoms with van der Waals surface area (Å²) < 4.78 is 0.133. The highest BCUT2D eigenvalue weighted by Crippen LogP contribution is 2.39. The molecule has 2 rings (SSSR count). The van der Waals surface area contributed by atoms with Gasteiger partial charge >= 0.3 is 0 Å². The smallest absolute Gasteiger partial charge is 0.0402 e. The Morgan fingerprint density at radius 3 is 2.83 bits per heavy atom. The van der Waals surface area contributed by atoms with Gasteiger partial charge in [0.05, 0.1) is 0 Å². The van der Waals surface area contributed by atoms with Crippen LogP contribution in [-0.4, -0.2) is 4.75 Å². The molecule has 0 aromatic heterocycles. The van der Waals surface area contributed by atoms with Gasteiger partial charge in [-0.15, -0.1) is 11.8 Å². The highest BCUT2D eigenvalue weighted by Gasteiger charge is 2.20. The Labute approximate surface area is 77.7 Å². The molecule has 0 saturated heterocycles. The van der Waals surface area contributed by atoms with Crippen molar-refractivity contribution in [3.8, 4) is 0 Å². The lowest BCUT2D eigenvalue weighted by Gasteiger charge is -2.24. The van der Waals surface area contributed by atoms with Crippen LogP contribution in [0.15, 0.2) is 29.2 Å². The summed E-state index contributed by atoms with van der Waals surface area (Å²) in [5.74, 6) is 0. The molecule has 12 heavy (non-hydrogen) atoms. The zero-order valence-electron chi connectivity index (χ0n) is 7.29. The number of hydrogen-bond acceptors (Lipinski definition) is 1. The molecular formula is C11H11S. The molecule has 0 nitrogen and oxygen atoms in total. The number of benzene rings is 1. The van der Waals surface area contributed by atoms with E-state index >= 15 is 0 Å². The Balaban J connectivity index is 2.46. The van der Waals surface area contributed by atoms with Gasteiger partial charge in [-0.05, 0) is 37.6 Å². The molecule has 1 aliphatic heterocycles. The second kappa shape index (κ2) is 2.67. The lowest BCUT2D eigenvalue weighted by Crippen LogP contribution is -2.13. The molecule has 0 unspecified atom stereocenters. The zero-order valence-corrected chi connectivity index (χ0v) is 8.11. The Hall–Kier alpha value is -0.690. The van der Waals surface area contributed by atoms with Gasteiger partial charge in [0.2, 0.25) is 0 Å². The third-order valence-electron chi connectivity index (χ3n) is 1.86. The Kier molecular flexibility index (Phi) is 1.76. The number of fused-ring (bicyclic) bond motifs is 1. The Morgan fingerprint density at radius 1 is 1.25 bits per heavy atom.